The number of rotatable bonds is 8. The second-order valence-corrected chi connectivity index (χ2v) is 9.63. The van der Waals surface area contributed by atoms with E-state index >= 15 is 0 Å². The second-order valence-electron chi connectivity index (χ2n) is 9.63. The molecule has 2 aliphatic heterocycles. The van der Waals surface area contributed by atoms with Gasteiger partial charge in [0.1, 0.15) is 11.6 Å². The minimum Gasteiger partial charge on any atom is -0.475 e. The molecule has 2 N–H and O–H groups in total. The van der Waals surface area contributed by atoms with E-state index in [4.69, 9.17) is 4.74 Å². The summed E-state index contributed by atoms with van der Waals surface area (Å²) in [6.07, 6.45) is 1.91. The molecule has 194 valence electrons. The topological polar surface area (TPSA) is 83.6 Å². The first kappa shape index (κ1) is 25.7. The van der Waals surface area contributed by atoms with Crippen LogP contribution in [0.4, 0.5) is 23.4 Å². The zero-order valence-corrected chi connectivity index (χ0v) is 19.9. The van der Waals surface area contributed by atoms with Crippen LogP contribution in [0.2, 0.25) is 0 Å². The summed E-state index contributed by atoms with van der Waals surface area (Å²) >= 11 is 0. The van der Waals surface area contributed by atoms with E-state index in [0.29, 0.717) is 24.7 Å². The Labute approximate surface area is 206 Å². The third-order valence-electron chi connectivity index (χ3n) is 6.57. The molecule has 0 aliphatic carbocycles. The predicted octanol–water partition coefficient (Wildman–Crippen LogP) is 3.83. The highest BCUT2D eigenvalue weighted by molar-refractivity contribution is 5.94. The molecule has 0 radical (unpaired) electrons. The molecule has 2 bridgehead atoms. The lowest BCUT2D eigenvalue weighted by molar-refractivity contribution is -0.135. The van der Waals surface area contributed by atoms with Crippen molar-refractivity contribution in [1.29, 1.82) is 0 Å². The zero-order chi connectivity index (χ0) is 26.0. The molecule has 1 aromatic carbocycles. The third kappa shape index (κ3) is 5.71. The molecule has 2 amide bonds. The van der Waals surface area contributed by atoms with Crippen LogP contribution in [-0.4, -0.2) is 53.5 Å². The number of hydrogen-bond donors (Lipinski definition) is 2. The maximum atomic E-state index is 14.0. The summed E-state index contributed by atoms with van der Waals surface area (Å²) in [5, 5.41) is 5.16. The van der Waals surface area contributed by atoms with E-state index in [2.05, 4.69) is 20.5 Å². The average Bonchev–Trinajstić information content (AvgIpc) is 3.09. The van der Waals surface area contributed by atoms with Crippen LogP contribution in [0.3, 0.4) is 0 Å². The van der Waals surface area contributed by atoms with Gasteiger partial charge >= 0.3 is 0 Å². The smallest absolute Gasteiger partial charge is 0.263 e. The van der Waals surface area contributed by atoms with Gasteiger partial charge < -0.3 is 20.3 Å². The van der Waals surface area contributed by atoms with Crippen LogP contribution in [-0.2, 0) is 4.79 Å². The Morgan fingerprint density at radius 2 is 1.83 bits per heavy atom. The number of alkyl halides is 2. The molecule has 4 rings (SSSR count). The monoisotopic (exact) mass is 508 g/mol. The average molecular weight is 509 g/mol. The highest BCUT2D eigenvalue weighted by Crippen LogP contribution is 2.38. The van der Waals surface area contributed by atoms with Gasteiger partial charge in [-0.15, -0.1) is 0 Å². The number of nitrogens with one attached hydrogen (secondary N) is 2. The molecule has 36 heavy (non-hydrogen) atoms. The summed E-state index contributed by atoms with van der Waals surface area (Å²) in [6.45, 7) is 2.33. The van der Waals surface area contributed by atoms with Gasteiger partial charge in [0.05, 0.1) is 12.1 Å². The fourth-order valence-corrected chi connectivity index (χ4v) is 4.85. The molecule has 7 nitrogen and oxygen atoms in total. The molecule has 0 spiro atoms. The number of fused-ring (bicyclic) bond motifs is 2. The van der Waals surface area contributed by atoms with Gasteiger partial charge in [0.15, 0.2) is 17.2 Å². The number of carbonyl (C=O) groups excluding carboxylic acids is 2. The third-order valence-corrected chi connectivity index (χ3v) is 6.57. The number of piperidine rings is 1. The standard InChI is InChI=1S/C25H28F4N4O3/c1-25(2,36-20-7-4-15(26)9-19(20)27)24(35)32-16-10-17-5-6-18(11-16)33(17)22-8-3-14(12-30-22)23(34)31-13-21(28)29/h3-4,7-9,12,16-18,21H,5-6,10-11,13H2,1-2H3,(H,31,34)(H,32,35). The fraction of sp³-hybridized carbons (Fsp3) is 0.480. The molecule has 2 saturated heterocycles. The quantitative estimate of drug-likeness (QED) is 0.530. The number of hydrogen-bond acceptors (Lipinski definition) is 5. The van der Waals surface area contributed by atoms with Crippen molar-refractivity contribution in [3.8, 4) is 5.75 Å². The second kappa shape index (κ2) is 10.3. The summed E-state index contributed by atoms with van der Waals surface area (Å²) in [4.78, 5) is 31.5. The van der Waals surface area contributed by atoms with Crippen molar-refractivity contribution in [3.63, 3.8) is 0 Å². The summed E-state index contributed by atoms with van der Waals surface area (Å²) in [5.74, 6) is -2.14. The molecule has 3 heterocycles. The van der Waals surface area contributed by atoms with Crippen LogP contribution < -0.4 is 20.3 Å². The van der Waals surface area contributed by atoms with Crippen molar-refractivity contribution in [2.75, 3.05) is 11.4 Å². The first-order valence-electron chi connectivity index (χ1n) is 11.8. The number of pyridine rings is 1. The molecule has 1 aromatic heterocycles. The Bertz CT molecular complexity index is 1100. The number of carbonyl (C=O) groups is 2. The van der Waals surface area contributed by atoms with E-state index < -0.39 is 42.0 Å². The number of anilines is 1. The van der Waals surface area contributed by atoms with Crippen molar-refractivity contribution in [1.82, 2.24) is 15.6 Å². The Kier molecular flexibility index (Phi) is 7.37. The lowest BCUT2D eigenvalue weighted by Gasteiger charge is -2.40. The number of nitrogens with zero attached hydrogens (tertiary/aromatic N) is 2. The van der Waals surface area contributed by atoms with Gasteiger partial charge in [0.25, 0.3) is 18.2 Å². The first-order chi connectivity index (χ1) is 17.0. The van der Waals surface area contributed by atoms with Gasteiger partial charge in [0.2, 0.25) is 0 Å². The van der Waals surface area contributed by atoms with Crippen molar-refractivity contribution in [2.24, 2.45) is 0 Å². The maximum absolute atomic E-state index is 14.0. The molecule has 11 heteroatoms. The molecule has 2 aliphatic rings. The molecular weight excluding hydrogens is 480 g/mol. The number of amides is 2. The number of aromatic nitrogens is 1. The van der Waals surface area contributed by atoms with Crippen LogP contribution in [0.15, 0.2) is 36.5 Å². The van der Waals surface area contributed by atoms with Gasteiger partial charge in [0, 0.05) is 30.4 Å². The summed E-state index contributed by atoms with van der Waals surface area (Å²) in [6, 6.07) is 6.31. The van der Waals surface area contributed by atoms with Crippen molar-refractivity contribution >= 4 is 17.6 Å². The van der Waals surface area contributed by atoms with Crippen LogP contribution in [0.5, 0.6) is 5.75 Å². The van der Waals surface area contributed by atoms with E-state index in [0.717, 1.165) is 25.0 Å². The Balaban J connectivity index is 1.36. The zero-order valence-electron chi connectivity index (χ0n) is 19.9. The SMILES string of the molecule is CC(C)(Oc1ccc(F)cc1F)C(=O)NC1CC2CCC(C1)N2c1ccc(C(=O)NCC(F)F)cn1. The number of ether oxygens (including phenoxy) is 1. The van der Waals surface area contributed by atoms with Crippen LogP contribution in [0.1, 0.15) is 49.9 Å². The normalized spacial score (nSPS) is 21.4. The molecule has 0 saturated carbocycles. The van der Waals surface area contributed by atoms with Gasteiger partial charge in [-0.2, -0.15) is 0 Å². The van der Waals surface area contributed by atoms with Gasteiger partial charge in [-0.3, -0.25) is 9.59 Å². The Morgan fingerprint density at radius 1 is 1.14 bits per heavy atom. The van der Waals surface area contributed by atoms with E-state index in [-0.39, 0.29) is 29.4 Å². The highest BCUT2D eigenvalue weighted by Gasteiger charge is 2.43. The molecular formula is C25H28F4N4O3. The maximum Gasteiger partial charge on any atom is 0.263 e. The predicted molar refractivity (Wildman–Crippen MR) is 124 cm³/mol. The van der Waals surface area contributed by atoms with E-state index in [1.54, 1.807) is 12.1 Å². The largest absolute Gasteiger partial charge is 0.475 e. The summed E-state index contributed by atoms with van der Waals surface area (Å²) in [7, 11) is 0. The van der Waals surface area contributed by atoms with Crippen LogP contribution in [0, 0.1) is 11.6 Å². The van der Waals surface area contributed by atoms with E-state index in [9.17, 15) is 27.2 Å². The Hall–Kier alpha value is -3.37. The van der Waals surface area contributed by atoms with E-state index in [1.807, 2.05) is 0 Å². The minimum absolute atomic E-state index is 0.119. The summed E-state index contributed by atoms with van der Waals surface area (Å²) in [5.41, 5.74) is -1.18. The summed E-state index contributed by atoms with van der Waals surface area (Å²) < 4.78 is 57.4. The molecule has 2 atom stereocenters. The molecule has 2 aromatic rings. The van der Waals surface area contributed by atoms with Crippen molar-refractivity contribution in [3.05, 3.63) is 53.7 Å². The van der Waals surface area contributed by atoms with E-state index in [1.165, 1.54) is 20.0 Å². The van der Waals surface area contributed by atoms with Crippen molar-refractivity contribution < 1.29 is 31.9 Å². The number of halogens is 4. The van der Waals surface area contributed by atoms with Gasteiger partial charge in [-0.1, -0.05) is 0 Å². The van der Waals surface area contributed by atoms with Gasteiger partial charge in [-0.05, 0) is 63.8 Å². The van der Waals surface area contributed by atoms with Gasteiger partial charge in [-0.25, -0.2) is 22.5 Å². The van der Waals surface area contributed by atoms with Crippen molar-refractivity contribution in [2.45, 2.75) is 69.7 Å². The minimum atomic E-state index is -2.63. The van der Waals surface area contributed by atoms with Crippen LogP contribution >= 0.6 is 0 Å². The molecule has 2 fully saturated rings. The molecule has 2 unspecified atom stereocenters. The lowest BCUT2D eigenvalue weighted by Crippen LogP contribution is -2.55. The lowest BCUT2D eigenvalue weighted by atomic mass is 9.96. The van der Waals surface area contributed by atoms with Crippen LogP contribution in [0.25, 0.3) is 0 Å². The Morgan fingerprint density at radius 3 is 2.42 bits per heavy atom. The first-order valence-corrected chi connectivity index (χ1v) is 11.8. The fourth-order valence-electron chi connectivity index (χ4n) is 4.85. The number of benzene rings is 1. The highest BCUT2D eigenvalue weighted by atomic mass is 19.3.